The number of hydrogen-bond acceptors (Lipinski definition) is 2. The molecule has 0 bridgehead atoms. The fraction of sp³-hybridized carbons (Fsp3) is 0.857. The minimum Gasteiger partial charge on any atom is -0.465 e. The lowest BCUT2D eigenvalue weighted by Gasteiger charge is -2.20. The number of nitrogens with zero attached hydrogens (tertiary/aromatic N) is 1. The molecule has 1 aliphatic heterocycles. The number of nitrogens with two attached hydrogens (primary N) is 1. The summed E-state index contributed by atoms with van der Waals surface area (Å²) in [5.74, 6) is 0. The van der Waals surface area contributed by atoms with Gasteiger partial charge in [0.15, 0.2) is 0 Å². The van der Waals surface area contributed by atoms with Crippen molar-refractivity contribution in [1.82, 2.24) is 4.90 Å². The van der Waals surface area contributed by atoms with Gasteiger partial charge in [-0.2, -0.15) is 0 Å². The van der Waals surface area contributed by atoms with Crippen molar-refractivity contribution in [2.45, 2.75) is 25.3 Å². The first kappa shape index (κ1) is 8.33. The Kier molecular flexibility index (Phi) is 2.70. The molecule has 64 valence electrons. The molecule has 4 nitrogen and oxygen atoms in total. The maximum absolute atomic E-state index is 10.6. The Morgan fingerprint density at radius 1 is 1.73 bits per heavy atom. The third-order valence-electron chi connectivity index (χ3n) is 2.12. The van der Waals surface area contributed by atoms with Crippen LogP contribution >= 0.6 is 0 Å². The molecule has 0 aromatic rings. The highest BCUT2D eigenvalue weighted by Crippen LogP contribution is 2.18. The van der Waals surface area contributed by atoms with E-state index in [-0.39, 0.29) is 6.04 Å². The van der Waals surface area contributed by atoms with Crippen LogP contribution in [0.4, 0.5) is 4.79 Å². The first-order chi connectivity index (χ1) is 5.25. The highest BCUT2D eigenvalue weighted by atomic mass is 16.4. The SMILES string of the molecule is NCC[C@@H]1CCCN1C(=O)O. The lowest BCUT2D eigenvalue weighted by molar-refractivity contribution is 0.139. The van der Waals surface area contributed by atoms with Crippen LogP contribution in [0.1, 0.15) is 19.3 Å². The first-order valence-electron chi connectivity index (χ1n) is 3.95. The van der Waals surface area contributed by atoms with Gasteiger partial charge in [0.25, 0.3) is 0 Å². The molecule has 1 aliphatic rings. The monoisotopic (exact) mass is 158 g/mol. The summed E-state index contributed by atoms with van der Waals surface area (Å²) in [6.45, 7) is 1.26. The van der Waals surface area contributed by atoms with Crippen LogP contribution in [0.5, 0.6) is 0 Å². The van der Waals surface area contributed by atoms with Gasteiger partial charge in [-0.3, -0.25) is 0 Å². The van der Waals surface area contributed by atoms with E-state index in [9.17, 15) is 4.79 Å². The van der Waals surface area contributed by atoms with E-state index in [1.54, 1.807) is 0 Å². The van der Waals surface area contributed by atoms with E-state index in [1.165, 1.54) is 4.90 Å². The average Bonchev–Trinajstić information content (AvgIpc) is 2.36. The third kappa shape index (κ3) is 1.83. The molecule has 1 rings (SSSR count). The summed E-state index contributed by atoms with van der Waals surface area (Å²) in [7, 11) is 0. The van der Waals surface area contributed by atoms with Gasteiger partial charge < -0.3 is 15.7 Å². The lowest BCUT2D eigenvalue weighted by atomic mass is 10.1. The summed E-state index contributed by atoms with van der Waals surface area (Å²) >= 11 is 0. The van der Waals surface area contributed by atoms with Crippen LogP contribution in [0.15, 0.2) is 0 Å². The van der Waals surface area contributed by atoms with Crippen molar-refractivity contribution in [2.75, 3.05) is 13.1 Å². The molecular weight excluding hydrogens is 144 g/mol. The Balaban J connectivity index is 2.44. The second kappa shape index (κ2) is 3.57. The van der Waals surface area contributed by atoms with Crippen molar-refractivity contribution in [1.29, 1.82) is 0 Å². The molecule has 1 amide bonds. The van der Waals surface area contributed by atoms with Gasteiger partial charge in [-0.1, -0.05) is 0 Å². The van der Waals surface area contributed by atoms with Crippen LogP contribution in [0.25, 0.3) is 0 Å². The lowest BCUT2D eigenvalue weighted by Crippen LogP contribution is -2.35. The third-order valence-corrected chi connectivity index (χ3v) is 2.12. The van der Waals surface area contributed by atoms with Crippen molar-refractivity contribution in [3.05, 3.63) is 0 Å². The summed E-state index contributed by atoms with van der Waals surface area (Å²) in [6.07, 6.45) is 1.95. The number of hydrogen-bond donors (Lipinski definition) is 2. The Hall–Kier alpha value is -0.770. The Morgan fingerprint density at radius 3 is 3.00 bits per heavy atom. The van der Waals surface area contributed by atoms with Crippen LogP contribution in [0.3, 0.4) is 0 Å². The zero-order valence-corrected chi connectivity index (χ0v) is 6.49. The van der Waals surface area contributed by atoms with E-state index in [0.29, 0.717) is 13.1 Å². The minimum absolute atomic E-state index is 0.178. The van der Waals surface area contributed by atoms with Crippen molar-refractivity contribution in [2.24, 2.45) is 5.73 Å². The second-order valence-corrected chi connectivity index (χ2v) is 2.85. The largest absolute Gasteiger partial charge is 0.465 e. The Bertz CT molecular complexity index is 149. The highest BCUT2D eigenvalue weighted by Gasteiger charge is 2.27. The number of carbonyl (C=O) groups is 1. The molecule has 0 aromatic carbocycles. The zero-order chi connectivity index (χ0) is 8.27. The van der Waals surface area contributed by atoms with E-state index >= 15 is 0 Å². The van der Waals surface area contributed by atoms with Gasteiger partial charge in [0, 0.05) is 12.6 Å². The normalized spacial score (nSPS) is 24.1. The number of rotatable bonds is 2. The van der Waals surface area contributed by atoms with E-state index in [1.807, 2.05) is 0 Å². The van der Waals surface area contributed by atoms with Gasteiger partial charge in [-0.25, -0.2) is 4.79 Å². The van der Waals surface area contributed by atoms with Crippen molar-refractivity contribution >= 4 is 6.09 Å². The first-order valence-corrected chi connectivity index (χ1v) is 3.95. The number of carboxylic acid groups (broad SMARTS) is 1. The molecule has 3 N–H and O–H groups in total. The molecule has 11 heavy (non-hydrogen) atoms. The Labute approximate surface area is 66.0 Å². The molecule has 1 heterocycles. The van der Waals surface area contributed by atoms with Crippen molar-refractivity contribution in [3.8, 4) is 0 Å². The van der Waals surface area contributed by atoms with E-state index < -0.39 is 6.09 Å². The molecule has 0 saturated carbocycles. The van der Waals surface area contributed by atoms with Gasteiger partial charge >= 0.3 is 6.09 Å². The fourth-order valence-electron chi connectivity index (χ4n) is 1.58. The van der Waals surface area contributed by atoms with Gasteiger partial charge in [-0.15, -0.1) is 0 Å². The van der Waals surface area contributed by atoms with E-state index in [2.05, 4.69) is 0 Å². The highest BCUT2D eigenvalue weighted by molar-refractivity contribution is 5.65. The molecule has 0 spiro atoms. The maximum Gasteiger partial charge on any atom is 0.407 e. The van der Waals surface area contributed by atoms with E-state index in [4.69, 9.17) is 10.8 Å². The molecule has 0 unspecified atom stereocenters. The summed E-state index contributed by atoms with van der Waals surface area (Å²) in [4.78, 5) is 12.1. The molecule has 0 radical (unpaired) electrons. The van der Waals surface area contributed by atoms with Crippen LogP contribution < -0.4 is 5.73 Å². The van der Waals surface area contributed by atoms with Crippen LogP contribution in [0, 0.1) is 0 Å². The summed E-state index contributed by atoms with van der Waals surface area (Å²) in [5.41, 5.74) is 5.35. The predicted octanol–water partition coefficient (Wildman–Crippen LogP) is 0.478. The van der Waals surface area contributed by atoms with Gasteiger partial charge in [-0.05, 0) is 25.8 Å². The maximum atomic E-state index is 10.6. The molecule has 4 heteroatoms. The molecular formula is C7H14N2O2. The zero-order valence-electron chi connectivity index (χ0n) is 6.49. The van der Waals surface area contributed by atoms with Crippen LogP contribution in [-0.4, -0.2) is 35.2 Å². The summed E-state index contributed by atoms with van der Waals surface area (Å²) < 4.78 is 0. The molecule has 0 aliphatic carbocycles. The van der Waals surface area contributed by atoms with Crippen molar-refractivity contribution < 1.29 is 9.90 Å². The van der Waals surface area contributed by atoms with Gasteiger partial charge in [0.1, 0.15) is 0 Å². The number of likely N-dealkylation sites (tertiary alicyclic amines) is 1. The molecule has 0 aromatic heterocycles. The van der Waals surface area contributed by atoms with Gasteiger partial charge in [0.05, 0.1) is 0 Å². The van der Waals surface area contributed by atoms with Crippen LogP contribution in [-0.2, 0) is 0 Å². The number of amides is 1. The summed E-state index contributed by atoms with van der Waals surface area (Å²) in [5, 5.41) is 8.70. The fourth-order valence-corrected chi connectivity index (χ4v) is 1.58. The standard InChI is InChI=1S/C7H14N2O2/c8-4-3-6-2-1-5-9(6)7(10)11/h6H,1-5,8H2,(H,10,11)/t6-/m0/s1. The van der Waals surface area contributed by atoms with E-state index in [0.717, 1.165) is 19.3 Å². The van der Waals surface area contributed by atoms with Crippen LogP contribution in [0.2, 0.25) is 0 Å². The second-order valence-electron chi connectivity index (χ2n) is 2.85. The smallest absolute Gasteiger partial charge is 0.407 e. The average molecular weight is 158 g/mol. The Morgan fingerprint density at radius 2 is 2.45 bits per heavy atom. The minimum atomic E-state index is -0.805. The molecule has 1 fully saturated rings. The van der Waals surface area contributed by atoms with Crippen molar-refractivity contribution in [3.63, 3.8) is 0 Å². The topological polar surface area (TPSA) is 66.6 Å². The predicted molar refractivity (Wildman–Crippen MR) is 41.4 cm³/mol. The quantitative estimate of drug-likeness (QED) is 0.614. The summed E-state index contributed by atoms with van der Waals surface area (Å²) in [6, 6.07) is 0.178. The molecule has 1 saturated heterocycles. The van der Waals surface area contributed by atoms with Gasteiger partial charge in [0.2, 0.25) is 0 Å². The molecule has 1 atom stereocenters.